The second kappa shape index (κ2) is 11.0. The summed E-state index contributed by atoms with van der Waals surface area (Å²) in [5.74, 6) is 2.22. The SMILES string of the molecule is COc1ccc(N=C(N)SCc2cc(OC)ccn2)cc1.Cl.Cl. The van der Waals surface area contributed by atoms with E-state index < -0.39 is 0 Å². The highest BCUT2D eigenvalue weighted by Crippen LogP contribution is 2.20. The van der Waals surface area contributed by atoms with E-state index in [1.54, 1.807) is 20.4 Å². The maximum Gasteiger partial charge on any atom is 0.159 e. The average Bonchev–Trinajstić information content (AvgIpc) is 2.54. The molecule has 1 aromatic heterocycles. The van der Waals surface area contributed by atoms with Gasteiger partial charge in [0.1, 0.15) is 11.5 Å². The molecule has 0 bridgehead atoms. The molecule has 0 aliphatic carbocycles. The van der Waals surface area contributed by atoms with Crippen LogP contribution in [0.4, 0.5) is 5.69 Å². The highest BCUT2D eigenvalue weighted by Gasteiger charge is 2.01. The Hall–Kier alpha value is -1.63. The second-order valence-electron chi connectivity index (χ2n) is 4.12. The van der Waals surface area contributed by atoms with Crippen molar-refractivity contribution in [2.45, 2.75) is 5.75 Å². The van der Waals surface area contributed by atoms with Gasteiger partial charge in [0.25, 0.3) is 0 Å². The smallest absolute Gasteiger partial charge is 0.159 e. The van der Waals surface area contributed by atoms with Crippen LogP contribution in [0.15, 0.2) is 47.6 Å². The molecule has 2 N–H and O–H groups in total. The van der Waals surface area contributed by atoms with Crippen molar-refractivity contribution in [3.05, 3.63) is 48.3 Å². The van der Waals surface area contributed by atoms with Crippen molar-refractivity contribution < 1.29 is 9.47 Å². The van der Waals surface area contributed by atoms with Gasteiger partial charge in [0.2, 0.25) is 0 Å². The molecule has 0 aliphatic rings. The third kappa shape index (κ3) is 6.99. The van der Waals surface area contributed by atoms with Gasteiger partial charge in [-0.3, -0.25) is 4.98 Å². The quantitative estimate of drug-likeness (QED) is 0.635. The number of ether oxygens (including phenoxy) is 2. The Bertz CT molecular complexity index is 624. The molecule has 0 saturated carbocycles. The van der Waals surface area contributed by atoms with Gasteiger partial charge in [-0.05, 0) is 30.3 Å². The van der Waals surface area contributed by atoms with E-state index in [2.05, 4.69) is 9.98 Å². The number of thioether (sulfide) groups is 1. The molecule has 126 valence electrons. The van der Waals surface area contributed by atoms with Gasteiger partial charge in [0, 0.05) is 18.0 Å². The standard InChI is InChI=1S/C15H17N3O2S.2ClH/c1-19-13-5-3-11(4-6-13)18-15(16)21-10-12-9-14(20-2)7-8-17-12;;/h3-9H,10H2,1-2H3,(H2,16,18);2*1H. The molecule has 0 saturated heterocycles. The summed E-state index contributed by atoms with van der Waals surface area (Å²) in [5.41, 5.74) is 7.60. The molecule has 8 heteroatoms. The first-order valence-electron chi connectivity index (χ1n) is 6.31. The zero-order chi connectivity index (χ0) is 15.1. The number of amidine groups is 1. The molecule has 0 spiro atoms. The van der Waals surface area contributed by atoms with E-state index >= 15 is 0 Å². The summed E-state index contributed by atoms with van der Waals surface area (Å²) in [6.45, 7) is 0. The zero-order valence-electron chi connectivity index (χ0n) is 12.8. The topological polar surface area (TPSA) is 69.7 Å². The minimum Gasteiger partial charge on any atom is -0.497 e. The number of halogens is 2. The summed E-state index contributed by atoms with van der Waals surface area (Å²) < 4.78 is 10.3. The lowest BCUT2D eigenvalue weighted by molar-refractivity contribution is 0.413. The summed E-state index contributed by atoms with van der Waals surface area (Å²) >= 11 is 1.43. The highest BCUT2D eigenvalue weighted by atomic mass is 35.5. The molecule has 0 radical (unpaired) electrons. The molecule has 1 aromatic carbocycles. The Morgan fingerprint density at radius 1 is 1.09 bits per heavy atom. The molecule has 2 aromatic rings. The van der Waals surface area contributed by atoms with Gasteiger partial charge in [0.15, 0.2) is 5.17 Å². The summed E-state index contributed by atoms with van der Waals surface area (Å²) in [7, 11) is 3.26. The fourth-order valence-corrected chi connectivity index (χ4v) is 2.25. The molecular weight excluding hydrogens is 357 g/mol. The van der Waals surface area contributed by atoms with Gasteiger partial charge in [-0.15, -0.1) is 24.8 Å². The van der Waals surface area contributed by atoms with Crippen LogP contribution >= 0.6 is 36.6 Å². The minimum absolute atomic E-state index is 0. The zero-order valence-corrected chi connectivity index (χ0v) is 15.2. The van der Waals surface area contributed by atoms with Gasteiger partial charge in [-0.1, -0.05) is 11.8 Å². The molecule has 0 aliphatic heterocycles. The predicted octanol–water partition coefficient (Wildman–Crippen LogP) is 3.82. The monoisotopic (exact) mass is 375 g/mol. The van der Waals surface area contributed by atoms with Gasteiger partial charge < -0.3 is 15.2 Å². The Balaban J connectivity index is 0.00000242. The maximum absolute atomic E-state index is 5.92. The first kappa shape index (κ1) is 21.4. The largest absolute Gasteiger partial charge is 0.497 e. The maximum atomic E-state index is 5.92. The average molecular weight is 376 g/mol. The van der Waals surface area contributed by atoms with Crippen molar-refractivity contribution in [3.8, 4) is 11.5 Å². The number of hydrogen-bond acceptors (Lipinski definition) is 5. The van der Waals surface area contributed by atoms with Crippen molar-refractivity contribution in [3.63, 3.8) is 0 Å². The number of benzene rings is 1. The van der Waals surface area contributed by atoms with Crippen LogP contribution in [0.5, 0.6) is 11.5 Å². The van der Waals surface area contributed by atoms with E-state index in [1.165, 1.54) is 11.8 Å². The second-order valence-corrected chi connectivity index (χ2v) is 5.12. The van der Waals surface area contributed by atoms with Gasteiger partial charge in [-0.25, -0.2) is 4.99 Å². The number of nitrogens with zero attached hydrogens (tertiary/aromatic N) is 2. The first-order valence-corrected chi connectivity index (χ1v) is 7.30. The van der Waals surface area contributed by atoms with Crippen LogP contribution in [0.2, 0.25) is 0 Å². The summed E-state index contributed by atoms with van der Waals surface area (Å²) in [6.07, 6.45) is 1.71. The number of aromatic nitrogens is 1. The molecule has 1 heterocycles. The molecule has 0 unspecified atom stereocenters. The van der Waals surface area contributed by atoms with Crippen LogP contribution in [0.25, 0.3) is 0 Å². The first-order chi connectivity index (χ1) is 10.2. The molecule has 23 heavy (non-hydrogen) atoms. The lowest BCUT2D eigenvalue weighted by Crippen LogP contribution is -2.06. The summed E-state index contributed by atoms with van der Waals surface area (Å²) in [5, 5.41) is 0.491. The predicted molar refractivity (Wildman–Crippen MR) is 101 cm³/mol. The Morgan fingerprint density at radius 2 is 1.74 bits per heavy atom. The number of rotatable bonds is 5. The van der Waals surface area contributed by atoms with Crippen molar-refractivity contribution in [1.29, 1.82) is 0 Å². The van der Waals surface area contributed by atoms with E-state index in [0.717, 1.165) is 22.9 Å². The third-order valence-corrected chi connectivity index (χ3v) is 3.53. The van der Waals surface area contributed by atoms with Crippen LogP contribution in [0.1, 0.15) is 5.69 Å². The van der Waals surface area contributed by atoms with Crippen molar-refractivity contribution >= 4 is 47.4 Å². The van der Waals surface area contributed by atoms with Crippen LogP contribution in [-0.4, -0.2) is 24.4 Å². The van der Waals surface area contributed by atoms with Crippen LogP contribution in [0.3, 0.4) is 0 Å². The normalized spacial score (nSPS) is 10.3. The molecule has 0 atom stereocenters. The number of hydrogen-bond donors (Lipinski definition) is 1. The Kier molecular flexibility index (Phi) is 10.2. The number of nitrogens with two attached hydrogens (primary N) is 1. The van der Waals surface area contributed by atoms with Crippen LogP contribution in [-0.2, 0) is 5.75 Å². The Morgan fingerprint density at radius 3 is 2.35 bits per heavy atom. The van der Waals surface area contributed by atoms with Gasteiger partial charge in [-0.2, -0.15) is 0 Å². The number of methoxy groups -OCH3 is 2. The minimum atomic E-state index is 0. The fraction of sp³-hybridized carbons (Fsp3) is 0.200. The summed E-state index contributed by atoms with van der Waals surface area (Å²) in [4.78, 5) is 8.60. The van der Waals surface area contributed by atoms with E-state index in [0.29, 0.717) is 10.9 Å². The third-order valence-electron chi connectivity index (χ3n) is 2.70. The van der Waals surface area contributed by atoms with Crippen molar-refractivity contribution in [1.82, 2.24) is 4.98 Å². The van der Waals surface area contributed by atoms with Crippen LogP contribution < -0.4 is 15.2 Å². The number of aliphatic imine (C=N–C) groups is 1. The van der Waals surface area contributed by atoms with E-state index in [1.807, 2.05) is 36.4 Å². The van der Waals surface area contributed by atoms with Crippen molar-refractivity contribution in [2.75, 3.05) is 14.2 Å². The van der Waals surface area contributed by atoms with Gasteiger partial charge in [0.05, 0.1) is 25.6 Å². The Labute approximate surface area is 152 Å². The molecular formula is C15H19Cl2N3O2S. The highest BCUT2D eigenvalue weighted by molar-refractivity contribution is 8.13. The van der Waals surface area contributed by atoms with Gasteiger partial charge >= 0.3 is 0 Å². The molecule has 0 amide bonds. The number of pyridine rings is 1. The van der Waals surface area contributed by atoms with E-state index in [4.69, 9.17) is 15.2 Å². The van der Waals surface area contributed by atoms with E-state index in [-0.39, 0.29) is 24.8 Å². The molecule has 0 fully saturated rings. The lowest BCUT2D eigenvalue weighted by Gasteiger charge is -2.04. The summed E-state index contributed by atoms with van der Waals surface area (Å²) in [6, 6.07) is 11.1. The molecule has 2 rings (SSSR count). The lowest BCUT2D eigenvalue weighted by atomic mass is 10.3. The molecule has 5 nitrogen and oxygen atoms in total. The fourth-order valence-electron chi connectivity index (χ4n) is 1.63. The van der Waals surface area contributed by atoms with Crippen LogP contribution in [0, 0.1) is 0 Å². The van der Waals surface area contributed by atoms with Crippen molar-refractivity contribution in [2.24, 2.45) is 10.7 Å². The van der Waals surface area contributed by atoms with E-state index in [9.17, 15) is 0 Å².